The summed E-state index contributed by atoms with van der Waals surface area (Å²) >= 11 is 0. The first-order chi connectivity index (χ1) is 13.6. The second-order valence-corrected chi connectivity index (χ2v) is 10.4. The van der Waals surface area contributed by atoms with E-state index in [-0.39, 0.29) is 5.97 Å². The van der Waals surface area contributed by atoms with E-state index >= 15 is 0 Å². The van der Waals surface area contributed by atoms with E-state index in [0.717, 1.165) is 31.9 Å². The lowest BCUT2D eigenvalue weighted by molar-refractivity contribution is -0.143. The summed E-state index contributed by atoms with van der Waals surface area (Å²) in [6.07, 6.45) is 14.2. The van der Waals surface area contributed by atoms with Gasteiger partial charge in [0.2, 0.25) is 0 Å². The van der Waals surface area contributed by atoms with Gasteiger partial charge in [-0.1, -0.05) is 64.7 Å². The Morgan fingerprint density at radius 1 is 0.750 bits per heavy atom. The van der Waals surface area contributed by atoms with Crippen LogP contribution in [-0.4, -0.2) is 55.8 Å². The second kappa shape index (κ2) is 19.8. The summed E-state index contributed by atoms with van der Waals surface area (Å²) in [5.41, 5.74) is 0. The molecule has 0 radical (unpaired) electrons. The maximum absolute atomic E-state index is 11.7. The predicted octanol–water partition coefficient (Wildman–Crippen LogP) is 4.70. The van der Waals surface area contributed by atoms with Crippen molar-refractivity contribution >= 4 is 14.8 Å². The lowest BCUT2D eigenvalue weighted by atomic mass is 10.1. The average molecular weight is 420 g/mol. The predicted molar refractivity (Wildman–Crippen MR) is 116 cm³/mol. The highest BCUT2D eigenvalue weighted by Crippen LogP contribution is 2.14. The van der Waals surface area contributed by atoms with Gasteiger partial charge in [0, 0.05) is 33.9 Å². The van der Waals surface area contributed by atoms with Crippen LogP contribution in [0.15, 0.2) is 0 Å². The summed E-state index contributed by atoms with van der Waals surface area (Å²) < 4.78 is 21.4. The Balaban J connectivity index is 3.38. The van der Waals surface area contributed by atoms with Crippen molar-refractivity contribution in [3.05, 3.63) is 0 Å². The number of hydrogen-bond donors (Lipinski definition) is 1. The van der Waals surface area contributed by atoms with Gasteiger partial charge in [-0.2, -0.15) is 0 Å². The molecule has 0 saturated carbocycles. The van der Waals surface area contributed by atoms with Crippen LogP contribution in [-0.2, 0) is 22.8 Å². The normalized spacial score (nSPS) is 11.7. The highest BCUT2D eigenvalue weighted by Gasteiger charge is 2.36. The Hall–Kier alpha value is -0.473. The van der Waals surface area contributed by atoms with E-state index in [1.807, 2.05) is 0 Å². The molecule has 0 fully saturated rings. The van der Waals surface area contributed by atoms with Gasteiger partial charge in [-0.05, 0) is 19.4 Å². The average Bonchev–Trinajstić information content (AvgIpc) is 2.72. The van der Waals surface area contributed by atoms with Gasteiger partial charge in [-0.15, -0.1) is 0 Å². The van der Waals surface area contributed by atoms with Gasteiger partial charge in [0.05, 0.1) is 13.0 Å². The highest BCUT2D eigenvalue weighted by molar-refractivity contribution is 6.60. The lowest BCUT2D eigenvalue weighted by Gasteiger charge is -2.24. The zero-order chi connectivity index (χ0) is 20.9. The smallest absolute Gasteiger partial charge is 0.466 e. The third-order valence-electron chi connectivity index (χ3n) is 5.04. The minimum absolute atomic E-state index is 0.113. The number of rotatable bonds is 21. The zero-order valence-corrected chi connectivity index (χ0v) is 19.9. The zero-order valence-electron chi connectivity index (χ0n) is 18.9. The van der Waals surface area contributed by atoms with E-state index in [1.165, 1.54) is 51.4 Å². The largest absolute Gasteiger partial charge is 0.500 e. The Labute approximate surface area is 174 Å². The lowest BCUT2D eigenvalue weighted by Crippen LogP contribution is -2.43. The van der Waals surface area contributed by atoms with Crippen LogP contribution in [0, 0.1) is 0 Å². The summed E-state index contributed by atoms with van der Waals surface area (Å²) in [6.45, 7) is 4.25. The first-order valence-electron chi connectivity index (χ1n) is 11.2. The van der Waals surface area contributed by atoms with E-state index in [1.54, 1.807) is 21.3 Å². The third kappa shape index (κ3) is 15.4. The van der Waals surface area contributed by atoms with Crippen LogP contribution in [0.2, 0.25) is 6.04 Å². The molecule has 0 amide bonds. The van der Waals surface area contributed by atoms with Gasteiger partial charge in [-0.25, -0.2) is 0 Å². The molecule has 0 unspecified atom stereocenters. The fourth-order valence-corrected chi connectivity index (χ4v) is 4.87. The molecule has 0 heterocycles. The molecule has 28 heavy (non-hydrogen) atoms. The quantitative estimate of drug-likeness (QED) is 0.165. The van der Waals surface area contributed by atoms with Gasteiger partial charge in [0.1, 0.15) is 0 Å². The molecule has 0 bridgehead atoms. The molecule has 6 nitrogen and oxygen atoms in total. The Morgan fingerprint density at radius 3 is 1.82 bits per heavy atom. The first-order valence-corrected chi connectivity index (χ1v) is 13.1. The fourth-order valence-electron chi connectivity index (χ4n) is 3.15. The molecule has 0 spiro atoms. The van der Waals surface area contributed by atoms with Crippen molar-refractivity contribution in [1.82, 2.24) is 5.32 Å². The van der Waals surface area contributed by atoms with Crippen LogP contribution in [0.1, 0.15) is 84.0 Å². The molecule has 0 aromatic rings. The highest BCUT2D eigenvalue weighted by atomic mass is 28.4. The second-order valence-electron chi connectivity index (χ2n) is 7.30. The van der Waals surface area contributed by atoms with E-state index in [2.05, 4.69) is 12.2 Å². The van der Waals surface area contributed by atoms with Crippen molar-refractivity contribution in [3.8, 4) is 0 Å². The molecule has 0 aliphatic heterocycles. The summed E-state index contributed by atoms with van der Waals surface area (Å²) in [5, 5.41) is 3.26. The molecular formula is C21H45NO5Si. The molecule has 0 aromatic heterocycles. The molecule has 168 valence electrons. The number of carbonyl (C=O) groups excluding carboxylic acids is 1. The summed E-state index contributed by atoms with van der Waals surface area (Å²) in [6, 6.07) is 0.757. The molecule has 0 saturated heterocycles. The molecular weight excluding hydrogens is 374 g/mol. The fraction of sp³-hybridized carbons (Fsp3) is 0.952. The summed E-state index contributed by atoms with van der Waals surface area (Å²) in [5.74, 6) is -0.113. The van der Waals surface area contributed by atoms with Gasteiger partial charge >= 0.3 is 14.8 Å². The van der Waals surface area contributed by atoms with Crippen molar-refractivity contribution in [2.24, 2.45) is 0 Å². The van der Waals surface area contributed by atoms with Gasteiger partial charge in [-0.3, -0.25) is 4.79 Å². The molecule has 0 atom stereocenters. The standard InChI is InChI=1S/C21H45NO5Si/c1-5-6-7-8-9-10-11-12-13-14-19-27-21(23)16-18-22-17-15-20-28(24-2,25-3)26-4/h22H,5-20H2,1-4H3. The van der Waals surface area contributed by atoms with Gasteiger partial charge in [0.15, 0.2) is 0 Å². The van der Waals surface area contributed by atoms with Crippen molar-refractivity contribution in [3.63, 3.8) is 0 Å². The Bertz CT molecular complexity index is 345. The van der Waals surface area contributed by atoms with E-state index in [9.17, 15) is 4.79 Å². The molecule has 0 aromatic carbocycles. The number of unbranched alkanes of at least 4 members (excludes halogenated alkanes) is 9. The van der Waals surface area contributed by atoms with Crippen LogP contribution in [0.3, 0.4) is 0 Å². The van der Waals surface area contributed by atoms with Gasteiger partial charge < -0.3 is 23.3 Å². The van der Waals surface area contributed by atoms with Crippen molar-refractivity contribution in [2.75, 3.05) is 41.0 Å². The maximum Gasteiger partial charge on any atom is 0.500 e. The van der Waals surface area contributed by atoms with Crippen LogP contribution < -0.4 is 5.32 Å². The molecule has 7 heteroatoms. The van der Waals surface area contributed by atoms with Crippen molar-refractivity contribution in [1.29, 1.82) is 0 Å². The third-order valence-corrected chi connectivity index (χ3v) is 7.87. The number of nitrogens with one attached hydrogen (secondary N) is 1. The molecule has 1 N–H and O–H groups in total. The van der Waals surface area contributed by atoms with E-state index < -0.39 is 8.80 Å². The maximum atomic E-state index is 11.7. The summed E-state index contributed by atoms with van der Waals surface area (Å²) in [4.78, 5) is 11.7. The number of ether oxygens (including phenoxy) is 1. The number of hydrogen-bond acceptors (Lipinski definition) is 6. The van der Waals surface area contributed by atoms with Crippen LogP contribution in [0.5, 0.6) is 0 Å². The summed E-state index contributed by atoms with van der Waals surface area (Å²) in [7, 11) is 2.39. The van der Waals surface area contributed by atoms with Crippen molar-refractivity contribution in [2.45, 2.75) is 90.0 Å². The van der Waals surface area contributed by atoms with Crippen LogP contribution >= 0.6 is 0 Å². The monoisotopic (exact) mass is 419 g/mol. The topological polar surface area (TPSA) is 66.0 Å². The minimum atomic E-state index is -2.47. The van der Waals surface area contributed by atoms with Crippen LogP contribution in [0.4, 0.5) is 0 Å². The molecule has 0 rings (SSSR count). The first kappa shape index (κ1) is 27.5. The van der Waals surface area contributed by atoms with Crippen molar-refractivity contribution < 1.29 is 22.8 Å². The molecule has 0 aliphatic carbocycles. The number of esters is 1. The van der Waals surface area contributed by atoms with E-state index in [0.29, 0.717) is 19.6 Å². The van der Waals surface area contributed by atoms with Crippen LogP contribution in [0.25, 0.3) is 0 Å². The SMILES string of the molecule is CCCCCCCCCCCCOC(=O)CCNCCC[Si](OC)(OC)OC. The minimum Gasteiger partial charge on any atom is -0.466 e. The Kier molecular flexibility index (Phi) is 19.5. The number of carbonyl (C=O) groups is 1. The van der Waals surface area contributed by atoms with E-state index in [4.69, 9.17) is 18.0 Å². The van der Waals surface area contributed by atoms with Gasteiger partial charge in [0.25, 0.3) is 0 Å². The molecule has 0 aliphatic rings. The Morgan fingerprint density at radius 2 is 1.29 bits per heavy atom.